The summed E-state index contributed by atoms with van der Waals surface area (Å²) in [5.41, 5.74) is 1.92. The van der Waals surface area contributed by atoms with E-state index in [0.29, 0.717) is 25.4 Å². The lowest BCUT2D eigenvalue weighted by atomic mass is 10.2. The number of aromatic nitrogens is 1. The number of rotatable bonds is 5. The molecule has 0 aliphatic heterocycles. The number of benzene rings is 1. The van der Waals surface area contributed by atoms with Gasteiger partial charge in [-0.05, 0) is 5.56 Å². The molecule has 19 heavy (non-hydrogen) atoms. The molecule has 100 valence electrons. The summed E-state index contributed by atoms with van der Waals surface area (Å²) in [4.78, 5) is 15.7. The Morgan fingerprint density at radius 3 is 2.74 bits per heavy atom. The van der Waals surface area contributed by atoms with Crippen molar-refractivity contribution in [3.8, 4) is 0 Å². The van der Waals surface area contributed by atoms with Gasteiger partial charge < -0.3 is 15.1 Å². The van der Waals surface area contributed by atoms with Crippen LogP contribution < -0.4 is 10.6 Å². The highest BCUT2D eigenvalue weighted by atomic mass is 16.3. The van der Waals surface area contributed by atoms with E-state index in [0.717, 1.165) is 11.3 Å². The van der Waals surface area contributed by atoms with Crippen LogP contribution in [0.1, 0.15) is 17.1 Å². The van der Waals surface area contributed by atoms with Gasteiger partial charge in [-0.2, -0.15) is 0 Å². The van der Waals surface area contributed by atoms with Gasteiger partial charge in [-0.3, -0.25) is 0 Å². The summed E-state index contributed by atoms with van der Waals surface area (Å²) < 4.78 is 5.09. The number of carbonyl (C=O) groups excluding carboxylic acids is 1. The molecule has 0 saturated heterocycles. The molecule has 2 rings (SSSR count). The largest absolute Gasteiger partial charge is 0.449 e. The van der Waals surface area contributed by atoms with Crippen molar-refractivity contribution in [2.45, 2.75) is 19.9 Å². The molecule has 0 saturated carbocycles. The lowest BCUT2D eigenvalue weighted by Crippen LogP contribution is -2.36. The maximum atomic E-state index is 11.5. The third-order valence-corrected chi connectivity index (χ3v) is 2.63. The van der Waals surface area contributed by atoms with Crippen molar-refractivity contribution in [2.24, 2.45) is 0 Å². The quantitative estimate of drug-likeness (QED) is 0.863. The Balaban J connectivity index is 1.65. The number of carbonyl (C=O) groups is 1. The first-order valence-electron chi connectivity index (χ1n) is 6.20. The normalized spacial score (nSPS) is 10.2. The molecular formula is C14H17N3O2. The van der Waals surface area contributed by atoms with Gasteiger partial charge in [0.1, 0.15) is 6.26 Å². The molecule has 1 heterocycles. The Hall–Kier alpha value is -2.30. The summed E-state index contributed by atoms with van der Waals surface area (Å²) in [6, 6.07) is 9.60. The van der Waals surface area contributed by atoms with E-state index >= 15 is 0 Å². The molecule has 0 spiro atoms. The molecule has 2 N–H and O–H groups in total. The summed E-state index contributed by atoms with van der Waals surface area (Å²) in [7, 11) is 0. The van der Waals surface area contributed by atoms with E-state index in [9.17, 15) is 4.79 Å². The van der Waals surface area contributed by atoms with Crippen LogP contribution in [-0.4, -0.2) is 17.6 Å². The Kier molecular flexibility index (Phi) is 4.55. The first kappa shape index (κ1) is 13.1. The fourth-order valence-corrected chi connectivity index (χ4v) is 1.67. The van der Waals surface area contributed by atoms with Crippen molar-refractivity contribution in [3.05, 3.63) is 53.7 Å². The maximum absolute atomic E-state index is 11.5. The zero-order chi connectivity index (χ0) is 13.5. The van der Waals surface area contributed by atoms with Crippen LogP contribution in [0.25, 0.3) is 0 Å². The van der Waals surface area contributed by atoms with E-state index < -0.39 is 0 Å². The minimum Gasteiger partial charge on any atom is -0.449 e. The second kappa shape index (κ2) is 6.58. The topological polar surface area (TPSA) is 67.2 Å². The summed E-state index contributed by atoms with van der Waals surface area (Å²) >= 11 is 0. The van der Waals surface area contributed by atoms with E-state index in [1.165, 1.54) is 0 Å². The van der Waals surface area contributed by atoms with Gasteiger partial charge in [-0.25, -0.2) is 9.78 Å². The lowest BCUT2D eigenvalue weighted by Gasteiger charge is -2.06. The number of nitrogens with one attached hydrogen (secondary N) is 2. The molecule has 0 bridgehead atoms. The smallest absolute Gasteiger partial charge is 0.315 e. The summed E-state index contributed by atoms with van der Waals surface area (Å²) in [5.74, 6) is 0.642. The average molecular weight is 259 g/mol. The number of urea groups is 1. The van der Waals surface area contributed by atoms with Gasteiger partial charge in [-0.15, -0.1) is 0 Å². The van der Waals surface area contributed by atoms with E-state index in [1.54, 1.807) is 13.2 Å². The maximum Gasteiger partial charge on any atom is 0.315 e. The minimum atomic E-state index is -0.177. The fraction of sp³-hybridized carbons (Fsp3) is 0.286. The van der Waals surface area contributed by atoms with E-state index in [2.05, 4.69) is 15.6 Å². The van der Waals surface area contributed by atoms with Crippen LogP contribution in [0.5, 0.6) is 0 Å². The van der Waals surface area contributed by atoms with Crippen LogP contribution >= 0.6 is 0 Å². The molecule has 5 heteroatoms. The molecule has 0 aliphatic carbocycles. The molecule has 1 aromatic heterocycles. The van der Waals surface area contributed by atoms with Crippen LogP contribution in [0.15, 0.2) is 41.0 Å². The van der Waals surface area contributed by atoms with Gasteiger partial charge in [0.2, 0.25) is 0 Å². The Bertz CT molecular complexity index is 522. The highest BCUT2D eigenvalue weighted by Gasteiger charge is 2.02. The van der Waals surface area contributed by atoms with Crippen LogP contribution in [0, 0.1) is 6.92 Å². The highest BCUT2D eigenvalue weighted by molar-refractivity contribution is 5.73. The summed E-state index contributed by atoms with van der Waals surface area (Å²) in [6.45, 7) is 2.85. The molecular weight excluding hydrogens is 242 g/mol. The van der Waals surface area contributed by atoms with Crippen molar-refractivity contribution in [1.82, 2.24) is 15.6 Å². The Morgan fingerprint density at radius 1 is 1.26 bits per heavy atom. The molecule has 2 aromatic rings. The lowest BCUT2D eigenvalue weighted by molar-refractivity contribution is 0.240. The van der Waals surface area contributed by atoms with Gasteiger partial charge in [0.15, 0.2) is 5.89 Å². The zero-order valence-electron chi connectivity index (χ0n) is 10.8. The van der Waals surface area contributed by atoms with Gasteiger partial charge in [0.25, 0.3) is 0 Å². The highest BCUT2D eigenvalue weighted by Crippen LogP contribution is 2.00. The third-order valence-electron chi connectivity index (χ3n) is 2.63. The van der Waals surface area contributed by atoms with Crippen molar-refractivity contribution in [1.29, 1.82) is 0 Å². The van der Waals surface area contributed by atoms with Gasteiger partial charge in [0.05, 0.1) is 5.69 Å². The number of aryl methyl sites for hydroxylation is 1. The number of hydrogen-bond acceptors (Lipinski definition) is 3. The predicted molar refractivity (Wildman–Crippen MR) is 71.6 cm³/mol. The van der Waals surface area contributed by atoms with E-state index in [-0.39, 0.29) is 6.03 Å². The SMILES string of the molecule is Cc1nc(CCNC(=O)NCc2ccccc2)co1. The minimum absolute atomic E-state index is 0.177. The molecule has 0 fully saturated rings. The summed E-state index contributed by atoms with van der Waals surface area (Å²) in [6.07, 6.45) is 2.27. The van der Waals surface area contributed by atoms with E-state index in [1.807, 2.05) is 30.3 Å². The molecule has 0 aliphatic rings. The number of hydrogen-bond donors (Lipinski definition) is 2. The number of amides is 2. The molecule has 0 unspecified atom stereocenters. The Labute approximate surface area is 112 Å². The first-order valence-corrected chi connectivity index (χ1v) is 6.20. The standard InChI is InChI=1S/C14H17N3O2/c1-11-17-13(10-19-11)7-8-15-14(18)16-9-12-5-3-2-4-6-12/h2-6,10H,7-9H2,1H3,(H2,15,16,18). The fourth-order valence-electron chi connectivity index (χ4n) is 1.67. The average Bonchev–Trinajstić information content (AvgIpc) is 2.83. The Morgan fingerprint density at radius 2 is 2.05 bits per heavy atom. The van der Waals surface area contributed by atoms with Crippen LogP contribution in [0.4, 0.5) is 4.79 Å². The predicted octanol–water partition coefficient (Wildman–Crippen LogP) is 2.02. The van der Waals surface area contributed by atoms with Crippen molar-refractivity contribution in [3.63, 3.8) is 0 Å². The van der Waals surface area contributed by atoms with Gasteiger partial charge >= 0.3 is 6.03 Å². The van der Waals surface area contributed by atoms with Crippen LogP contribution in [-0.2, 0) is 13.0 Å². The first-order chi connectivity index (χ1) is 9.24. The third kappa shape index (κ3) is 4.46. The van der Waals surface area contributed by atoms with Gasteiger partial charge in [-0.1, -0.05) is 30.3 Å². The van der Waals surface area contributed by atoms with Crippen molar-refractivity contribution in [2.75, 3.05) is 6.54 Å². The molecule has 1 aromatic carbocycles. The second-order valence-corrected chi connectivity index (χ2v) is 4.20. The second-order valence-electron chi connectivity index (χ2n) is 4.20. The zero-order valence-corrected chi connectivity index (χ0v) is 10.8. The van der Waals surface area contributed by atoms with Crippen LogP contribution in [0.3, 0.4) is 0 Å². The van der Waals surface area contributed by atoms with Crippen LogP contribution in [0.2, 0.25) is 0 Å². The van der Waals surface area contributed by atoms with E-state index in [4.69, 9.17) is 4.42 Å². The van der Waals surface area contributed by atoms with Gasteiger partial charge in [0, 0.05) is 26.4 Å². The molecule has 0 radical (unpaired) electrons. The number of oxazole rings is 1. The molecule has 2 amide bonds. The monoisotopic (exact) mass is 259 g/mol. The summed E-state index contributed by atoms with van der Waals surface area (Å²) in [5, 5.41) is 5.58. The molecule has 5 nitrogen and oxygen atoms in total. The van der Waals surface area contributed by atoms with Crippen molar-refractivity contribution < 1.29 is 9.21 Å². The van der Waals surface area contributed by atoms with Crippen molar-refractivity contribution >= 4 is 6.03 Å². The number of nitrogens with zero attached hydrogens (tertiary/aromatic N) is 1. The molecule has 0 atom stereocenters.